The van der Waals surface area contributed by atoms with E-state index < -0.39 is 23.7 Å². The summed E-state index contributed by atoms with van der Waals surface area (Å²) in [6.07, 6.45) is 0. The van der Waals surface area contributed by atoms with E-state index in [0.29, 0.717) is 19.8 Å². The van der Waals surface area contributed by atoms with Gasteiger partial charge in [0.25, 0.3) is 0 Å². The number of nitrogens with zero attached hydrogens (tertiary/aromatic N) is 1. The first kappa shape index (κ1) is 23.0. The average Bonchev–Trinajstić information content (AvgIpc) is 2.50. The molecule has 0 aromatic heterocycles. The van der Waals surface area contributed by atoms with E-state index >= 15 is 0 Å². The van der Waals surface area contributed by atoms with Gasteiger partial charge in [-0.15, -0.1) is 24.8 Å². The Morgan fingerprint density at radius 1 is 1.38 bits per heavy atom. The number of rotatable bonds is 5. The molecule has 2 N–H and O–H groups in total. The van der Waals surface area contributed by atoms with Crippen molar-refractivity contribution in [3.8, 4) is 0 Å². The molecule has 2 rings (SSSR count). The van der Waals surface area contributed by atoms with Crippen LogP contribution in [0.15, 0.2) is 18.2 Å². The van der Waals surface area contributed by atoms with Crippen LogP contribution in [-0.4, -0.2) is 57.2 Å². The molecule has 0 aliphatic carbocycles. The van der Waals surface area contributed by atoms with Gasteiger partial charge in [0.05, 0.1) is 19.3 Å². The van der Waals surface area contributed by atoms with Crippen LogP contribution < -0.4 is 10.6 Å². The van der Waals surface area contributed by atoms with Crippen LogP contribution in [0.2, 0.25) is 0 Å². The van der Waals surface area contributed by atoms with Crippen LogP contribution in [0.3, 0.4) is 0 Å². The first-order valence-electron chi connectivity index (χ1n) is 7.20. The lowest BCUT2D eigenvalue weighted by molar-refractivity contribution is -0.126. The molecule has 1 aliphatic heterocycles. The Morgan fingerprint density at radius 2 is 2.00 bits per heavy atom. The van der Waals surface area contributed by atoms with Crippen LogP contribution in [0.4, 0.5) is 8.78 Å². The molecule has 0 saturated carbocycles. The maximum atomic E-state index is 13.9. The second-order valence-electron chi connectivity index (χ2n) is 5.44. The Hall–Kier alpha value is -0.990. The Morgan fingerprint density at radius 3 is 2.50 bits per heavy atom. The van der Waals surface area contributed by atoms with E-state index in [1.807, 2.05) is 0 Å². The minimum atomic E-state index is -0.618. The van der Waals surface area contributed by atoms with Crippen LogP contribution in [0, 0.1) is 11.6 Å². The summed E-state index contributed by atoms with van der Waals surface area (Å²) >= 11 is 0. The average molecular weight is 386 g/mol. The second kappa shape index (κ2) is 10.8. The molecule has 138 valence electrons. The summed E-state index contributed by atoms with van der Waals surface area (Å²) in [5.74, 6) is -1.47. The van der Waals surface area contributed by atoms with Crippen molar-refractivity contribution in [2.75, 3.05) is 40.4 Å². The van der Waals surface area contributed by atoms with Crippen LogP contribution in [-0.2, 0) is 9.53 Å². The van der Waals surface area contributed by atoms with Gasteiger partial charge < -0.3 is 20.3 Å². The van der Waals surface area contributed by atoms with Crippen LogP contribution in [0.5, 0.6) is 0 Å². The number of nitrogens with one attached hydrogen (secondary N) is 2. The summed E-state index contributed by atoms with van der Waals surface area (Å²) in [7, 11) is 3.43. The quantitative estimate of drug-likeness (QED) is 0.806. The highest BCUT2D eigenvalue weighted by Gasteiger charge is 2.25. The van der Waals surface area contributed by atoms with Crippen molar-refractivity contribution in [2.45, 2.75) is 12.1 Å². The molecule has 1 amide bonds. The van der Waals surface area contributed by atoms with Crippen molar-refractivity contribution < 1.29 is 18.3 Å². The molecule has 9 heteroatoms. The van der Waals surface area contributed by atoms with Gasteiger partial charge in [-0.25, -0.2) is 8.78 Å². The van der Waals surface area contributed by atoms with Gasteiger partial charge in [-0.05, 0) is 26.2 Å². The van der Waals surface area contributed by atoms with Gasteiger partial charge in [-0.1, -0.05) is 6.07 Å². The monoisotopic (exact) mass is 385 g/mol. The highest BCUT2D eigenvalue weighted by atomic mass is 35.5. The maximum absolute atomic E-state index is 13.9. The van der Waals surface area contributed by atoms with E-state index in [1.165, 1.54) is 18.2 Å². The van der Waals surface area contributed by atoms with Gasteiger partial charge in [0.15, 0.2) is 0 Å². The Labute approximate surface area is 152 Å². The Bertz CT molecular complexity index is 509. The van der Waals surface area contributed by atoms with E-state index in [1.54, 1.807) is 19.0 Å². The number of hydrogen-bond acceptors (Lipinski definition) is 4. The lowest BCUT2D eigenvalue weighted by Crippen LogP contribution is -2.52. The summed E-state index contributed by atoms with van der Waals surface area (Å²) in [5.41, 5.74) is -0.0411. The van der Waals surface area contributed by atoms with Gasteiger partial charge in [0.2, 0.25) is 5.91 Å². The zero-order valence-corrected chi connectivity index (χ0v) is 15.2. The highest BCUT2D eigenvalue weighted by molar-refractivity contribution is 5.85. The number of ether oxygens (including phenoxy) is 1. The molecule has 1 heterocycles. The number of benzene rings is 1. The first-order chi connectivity index (χ1) is 10.5. The van der Waals surface area contributed by atoms with Gasteiger partial charge >= 0.3 is 0 Å². The molecular weight excluding hydrogens is 363 g/mol. The third-order valence-corrected chi connectivity index (χ3v) is 3.66. The molecule has 2 atom stereocenters. The van der Waals surface area contributed by atoms with E-state index in [-0.39, 0.29) is 42.8 Å². The number of carbonyl (C=O) groups excluding carboxylic acids is 1. The van der Waals surface area contributed by atoms with Crippen molar-refractivity contribution in [2.24, 2.45) is 0 Å². The van der Waals surface area contributed by atoms with Gasteiger partial charge in [-0.2, -0.15) is 0 Å². The van der Waals surface area contributed by atoms with Crippen molar-refractivity contribution in [3.63, 3.8) is 0 Å². The van der Waals surface area contributed by atoms with E-state index in [2.05, 4.69) is 10.6 Å². The standard InChI is InChI=1S/C15H21F2N3O2.2ClH/c1-20(2)13(14-10(16)4-3-5-11(14)17)8-19-15(21)12-9-22-7-6-18-12;;/h3-5,12-13,18H,6-9H2,1-2H3,(H,19,21);2*1H. The van der Waals surface area contributed by atoms with Crippen LogP contribution >= 0.6 is 24.8 Å². The molecule has 1 aromatic carbocycles. The predicted molar refractivity (Wildman–Crippen MR) is 92.9 cm³/mol. The molecule has 2 unspecified atom stereocenters. The zero-order chi connectivity index (χ0) is 16.1. The molecule has 1 aliphatic rings. The number of amides is 1. The van der Waals surface area contributed by atoms with E-state index in [9.17, 15) is 13.6 Å². The number of halogens is 4. The smallest absolute Gasteiger partial charge is 0.239 e. The molecule has 0 bridgehead atoms. The summed E-state index contributed by atoms with van der Waals surface area (Å²) < 4.78 is 33.1. The predicted octanol–water partition coefficient (Wildman–Crippen LogP) is 1.52. The SMILES string of the molecule is CN(C)C(CNC(=O)C1COCCN1)c1c(F)cccc1F.Cl.Cl. The highest BCUT2D eigenvalue weighted by Crippen LogP contribution is 2.23. The minimum absolute atomic E-state index is 0. The number of likely N-dealkylation sites (N-methyl/N-ethyl adjacent to an activating group) is 1. The third kappa shape index (κ3) is 5.82. The Kier molecular flexibility index (Phi) is 10.3. The second-order valence-corrected chi connectivity index (χ2v) is 5.44. The summed E-state index contributed by atoms with van der Waals surface area (Å²) in [6.45, 7) is 1.59. The van der Waals surface area contributed by atoms with E-state index in [4.69, 9.17) is 4.74 Å². The van der Waals surface area contributed by atoms with Crippen LogP contribution in [0.25, 0.3) is 0 Å². The molecule has 1 aromatic rings. The van der Waals surface area contributed by atoms with Crippen molar-refractivity contribution in [1.82, 2.24) is 15.5 Å². The fourth-order valence-electron chi connectivity index (χ4n) is 2.43. The number of hydrogen-bond donors (Lipinski definition) is 2. The van der Waals surface area contributed by atoms with Crippen LogP contribution in [0.1, 0.15) is 11.6 Å². The lowest BCUT2D eigenvalue weighted by atomic mass is 10.0. The molecule has 5 nitrogen and oxygen atoms in total. The first-order valence-corrected chi connectivity index (χ1v) is 7.20. The molecule has 0 spiro atoms. The largest absolute Gasteiger partial charge is 0.378 e. The van der Waals surface area contributed by atoms with Gasteiger partial charge in [-0.3, -0.25) is 4.79 Å². The molecule has 1 saturated heterocycles. The fourth-order valence-corrected chi connectivity index (χ4v) is 2.43. The molecular formula is C15H23Cl2F2N3O2. The normalized spacial score (nSPS) is 18.3. The Balaban J connectivity index is 0.00000264. The summed E-state index contributed by atoms with van der Waals surface area (Å²) in [6, 6.07) is 2.74. The summed E-state index contributed by atoms with van der Waals surface area (Å²) in [4.78, 5) is 13.7. The lowest BCUT2D eigenvalue weighted by Gasteiger charge is -2.28. The number of morpholine rings is 1. The summed E-state index contributed by atoms with van der Waals surface area (Å²) in [5, 5.41) is 5.77. The topological polar surface area (TPSA) is 53.6 Å². The molecule has 24 heavy (non-hydrogen) atoms. The maximum Gasteiger partial charge on any atom is 0.239 e. The van der Waals surface area contributed by atoms with Crippen molar-refractivity contribution >= 4 is 30.7 Å². The van der Waals surface area contributed by atoms with E-state index in [0.717, 1.165) is 0 Å². The fraction of sp³-hybridized carbons (Fsp3) is 0.533. The zero-order valence-electron chi connectivity index (χ0n) is 13.6. The van der Waals surface area contributed by atoms with Gasteiger partial charge in [0, 0.05) is 18.7 Å². The minimum Gasteiger partial charge on any atom is -0.378 e. The van der Waals surface area contributed by atoms with Gasteiger partial charge in [0.1, 0.15) is 17.7 Å². The van der Waals surface area contributed by atoms with Crippen molar-refractivity contribution in [3.05, 3.63) is 35.4 Å². The van der Waals surface area contributed by atoms with Crippen molar-refractivity contribution in [1.29, 1.82) is 0 Å². The molecule has 1 fully saturated rings. The third-order valence-electron chi connectivity index (χ3n) is 3.66. The number of carbonyl (C=O) groups is 1. The molecule has 0 radical (unpaired) electrons.